The number of aromatic nitrogens is 2. The van der Waals surface area contributed by atoms with E-state index in [9.17, 15) is 4.79 Å². The molecule has 6 nitrogen and oxygen atoms in total. The van der Waals surface area contributed by atoms with Crippen molar-refractivity contribution in [2.45, 2.75) is 12.5 Å². The van der Waals surface area contributed by atoms with Gasteiger partial charge < -0.3 is 15.5 Å². The van der Waals surface area contributed by atoms with E-state index in [0.29, 0.717) is 12.3 Å². The van der Waals surface area contributed by atoms with Gasteiger partial charge in [-0.2, -0.15) is 0 Å². The molecule has 20 heavy (non-hydrogen) atoms. The molecule has 2 atom stereocenters. The van der Waals surface area contributed by atoms with Crippen LogP contribution in [0.4, 0.5) is 5.69 Å². The molecule has 1 amide bonds. The van der Waals surface area contributed by atoms with Crippen molar-refractivity contribution >= 4 is 11.6 Å². The molecule has 0 saturated heterocycles. The molecule has 0 spiro atoms. The van der Waals surface area contributed by atoms with Crippen molar-refractivity contribution < 1.29 is 9.21 Å². The Morgan fingerprint density at radius 1 is 1.30 bits per heavy atom. The molecule has 2 aromatic rings. The molecule has 1 aromatic carbocycles. The summed E-state index contributed by atoms with van der Waals surface area (Å²) in [4.78, 5) is 12.0. The Morgan fingerprint density at radius 3 is 2.70 bits per heavy atom. The van der Waals surface area contributed by atoms with E-state index in [2.05, 4.69) is 15.5 Å². The monoisotopic (exact) mass is 270 g/mol. The lowest BCUT2D eigenvalue weighted by molar-refractivity contribution is -0.118. The highest BCUT2D eigenvalue weighted by molar-refractivity contribution is 5.94. The molecule has 1 heterocycles. The number of amides is 1. The fourth-order valence-corrected chi connectivity index (χ4v) is 2.15. The van der Waals surface area contributed by atoms with Crippen LogP contribution in [0.25, 0.3) is 11.5 Å². The molecule has 2 unspecified atom stereocenters. The minimum atomic E-state index is -0.152. The fourth-order valence-electron chi connectivity index (χ4n) is 2.15. The number of nitrogens with two attached hydrogens (primary N) is 1. The van der Waals surface area contributed by atoms with Crippen molar-refractivity contribution in [3.8, 4) is 11.5 Å². The van der Waals surface area contributed by atoms with E-state index in [1.165, 1.54) is 6.39 Å². The van der Waals surface area contributed by atoms with Crippen LogP contribution in [-0.2, 0) is 4.79 Å². The highest BCUT2D eigenvalue weighted by Crippen LogP contribution is 2.21. The molecule has 1 aliphatic rings. The van der Waals surface area contributed by atoms with Gasteiger partial charge in [0.15, 0.2) is 0 Å². The zero-order valence-corrected chi connectivity index (χ0v) is 10.7. The SMILES string of the molecule is NC1C=CC(C(=O)Nc2ccc(-c3nnco3)cc2)C1. The van der Waals surface area contributed by atoms with Gasteiger partial charge in [-0.1, -0.05) is 12.2 Å². The summed E-state index contributed by atoms with van der Waals surface area (Å²) >= 11 is 0. The Bertz CT molecular complexity index is 619. The molecule has 1 aliphatic carbocycles. The summed E-state index contributed by atoms with van der Waals surface area (Å²) in [6, 6.07) is 7.22. The smallest absolute Gasteiger partial charge is 0.247 e. The molecule has 0 fully saturated rings. The summed E-state index contributed by atoms with van der Waals surface area (Å²) in [5.41, 5.74) is 7.28. The van der Waals surface area contributed by atoms with E-state index < -0.39 is 0 Å². The number of anilines is 1. The molecule has 6 heteroatoms. The van der Waals surface area contributed by atoms with E-state index in [0.717, 1.165) is 11.3 Å². The molecule has 0 saturated carbocycles. The van der Waals surface area contributed by atoms with Gasteiger partial charge in [-0.25, -0.2) is 0 Å². The average molecular weight is 270 g/mol. The summed E-state index contributed by atoms with van der Waals surface area (Å²) in [5.74, 6) is 0.257. The molecule has 3 rings (SSSR count). The highest BCUT2D eigenvalue weighted by atomic mass is 16.4. The maximum absolute atomic E-state index is 12.0. The van der Waals surface area contributed by atoms with Gasteiger partial charge >= 0.3 is 0 Å². The summed E-state index contributed by atoms with van der Waals surface area (Å²) in [7, 11) is 0. The Balaban J connectivity index is 1.66. The number of carbonyl (C=O) groups is 1. The van der Waals surface area contributed by atoms with E-state index in [1.807, 2.05) is 24.3 Å². The van der Waals surface area contributed by atoms with Crippen LogP contribution in [0.15, 0.2) is 47.2 Å². The Kier molecular flexibility index (Phi) is 3.30. The van der Waals surface area contributed by atoms with Crippen LogP contribution >= 0.6 is 0 Å². The zero-order valence-electron chi connectivity index (χ0n) is 10.7. The third kappa shape index (κ3) is 2.60. The van der Waals surface area contributed by atoms with Gasteiger partial charge in [0, 0.05) is 17.3 Å². The summed E-state index contributed by atoms with van der Waals surface area (Å²) in [5, 5.41) is 10.3. The zero-order chi connectivity index (χ0) is 13.9. The number of hydrogen-bond acceptors (Lipinski definition) is 5. The normalized spacial score (nSPS) is 21.1. The summed E-state index contributed by atoms with van der Waals surface area (Å²) < 4.78 is 5.10. The lowest BCUT2D eigenvalue weighted by atomic mass is 10.1. The Morgan fingerprint density at radius 2 is 2.10 bits per heavy atom. The van der Waals surface area contributed by atoms with Gasteiger partial charge in [0.25, 0.3) is 0 Å². The minimum absolute atomic E-state index is 0.0225. The molecule has 0 aliphatic heterocycles. The van der Waals surface area contributed by atoms with Gasteiger partial charge in [0.2, 0.25) is 18.2 Å². The number of carbonyl (C=O) groups excluding carboxylic acids is 1. The number of nitrogens with zero attached hydrogens (tertiary/aromatic N) is 2. The van der Waals surface area contributed by atoms with Gasteiger partial charge in [-0.3, -0.25) is 4.79 Å². The van der Waals surface area contributed by atoms with Crippen LogP contribution in [0.5, 0.6) is 0 Å². The molecular weight excluding hydrogens is 256 g/mol. The number of benzene rings is 1. The van der Waals surface area contributed by atoms with E-state index in [-0.39, 0.29) is 17.9 Å². The standard InChI is InChI=1S/C14H14N4O2/c15-11-4-1-10(7-11)13(19)17-12-5-2-9(3-6-12)14-18-16-8-20-14/h1-6,8,10-11H,7,15H2,(H,17,19). The van der Waals surface area contributed by atoms with E-state index >= 15 is 0 Å². The number of hydrogen-bond donors (Lipinski definition) is 2. The Hall–Kier alpha value is -2.47. The summed E-state index contributed by atoms with van der Waals surface area (Å²) in [6.45, 7) is 0. The van der Waals surface area contributed by atoms with E-state index in [1.54, 1.807) is 12.1 Å². The van der Waals surface area contributed by atoms with Crippen molar-refractivity contribution in [1.29, 1.82) is 0 Å². The van der Waals surface area contributed by atoms with Crippen molar-refractivity contribution in [3.05, 3.63) is 42.8 Å². The second kappa shape index (κ2) is 5.26. The van der Waals surface area contributed by atoms with Crippen LogP contribution < -0.4 is 11.1 Å². The molecule has 0 bridgehead atoms. The molecular formula is C14H14N4O2. The predicted molar refractivity (Wildman–Crippen MR) is 73.6 cm³/mol. The molecule has 3 N–H and O–H groups in total. The van der Waals surface area contributed by atoms with Gasteiger partial charge in [-0.05, 0) is 30.7 Å². The maximum atomic E-state index is 12.0. The fraction of sp³-hybridized carbons (Fsp3) is 0.214. The summed E-state index contributed by atoms with van der Waals surface area (Å²) in [6.07, 6.45) is 5.66. The van der Waals surface area contributed by atoms with Crippen LogP contribution in [0, 0.1) is 5.92 Å². The third-order valence-corrected chi connectivity index (χ3v) is 3.21. The van der Waals surface area contributed by atoms with Crippen molar-refractivity contribution in [3.63, 3.8) is 0 Å². The maximum Gasteiger partial charge on any atom is 0.247 e. The van der Waals surface area contributed by atoms with Crippen molar-refractivity contribution in [2.24, 2.45) is 11.7 Å². The second-order valence-electron chi connectivity index (χ2n) is 4.70. The lowest BCUT2D eigenvalue weighted by Gasteiger charge is -2.10. The largest absolute Gasteiger partial charge is 0.423 e. The first-order chi connectivity index (χ1) is 9.72. The van der Waals surface area contributed by atoms with Crippen molar-refractivity contribution in [1.82, 2.24) is 10.2 Å². The van der Waals surface area contributed by atoms with Gasteiger partial charge in [-0.15, -0.1) is 10.2 Å². The first-order valence-corrected chi connectivity index (χ1v) is 6.34. The number of rotatable bonds is 3. The van der Waals surface area contributed by atoms with Gasteiger partial charge in [0.1, 0.15) is 0 Å². The van der Waals surface area contributed by atoms with Crippen LogP contribution in [-0.4, -0.2) is 22.1 Å². The predicted octanol–water partition coefficient (Wildman–Crippen LogP) is 1.58. The lowest BCUT2D eigenvalue weighted by Crippen LogP contribution is -2.23. The average Bonchev–Trinajstić information content (AvgIpc) is 3.10. The highest BCUT2D eigenvalue weighted by Gasteiger charge is 2.22. The van der Waals surface area contributed by atoms with E-state index in [4.69, 9.17) is 10.2 Å². The third-order valence-electron chi connectivity index (χ3n) is 3.21. The van der Waals surface area contributed by atoms with Crippen LogP contribution in [0.1, 0.15) is 6.42 Å². The minimum Gasteiger partial charge on any atom is -0.423 e. The molecule has 0 radical (unpaired) electrons. The first kappa shape index (κ1) is 12.6. The van der Waals surface area contributed by atoms with Gasteiger partial charge in [0.05, 0.1) is 5.92 Å². The Labute approximate surface area is 115 Å². The number of nitrogens with one attached hydrogen (secondary N) is 1. The topological polar surface area (TPSA) is 94.0 Å². The van der Waals surface area contributed by atoms with Crippen LogP contribution in [0.2, 0.25) is 0 Å². The van der Waals surface area contributed by atoms with Crippen molar-refractivity contribution in [2.75, 3.05) is 5.32 Å². The first-order valence-electron chi connectivity index (χ1n) is 6.34. The molecule has 1 aromatic heterocycles. The molecule has 102 valence electrons. The quantitative estimate of drug-likeness (QED) is 0.826. The van der Waals surface area contributed by atoms with Crippen LogP contribution in [0.3, 0.4) is 0 Å². The second-order valence-corrected chi connectivity index (χ2v) is 4.70.